The number of carbonyl (C=O) groups excluding carboxylic acids is 1. The molecule has 0 unspecified atom stereocenters. The van der Waals surface area contributed by atoms with Crippen molar-refractivity contribution in [1.82, 2.24) is 9.97 Å². The number of methoxy groups -OCH3 is 1. The molecule has 1 N–H and O–H groups in total. The van der Waals surface area contributed by atoms with Crippen molar-refractivity contribution in [3.8, 4) is 5.75 Å². The molecule has 0 fully saturated rings. The molecule has 1 aromatic heterocycles. The maximum absolute atomic E-state index is 12.7. The van der Waals surface area contributed by atoms with Gasteiger partial charge in [0.15, 0.2) is 0 Å². The minimum atomic E-state index is -0.446. The molecule has 128 valence electrons. The number of H-pyrrole nitrogens is 1. The van der Waals surface area contributed by atoms with Gasteiger partial charge in [0.05, 0.1) is 17.8 Å². The summed E-state index contributed by atoms with van der Waals surface area (Å²) in [5.41, 5.74) is 0.535. The standard InChI is InChI=1S/C17H20ClN3O3/c1-9(2)15-19-10(3)14(16(22)20-15)17(23)21(4)11-6-7-13(24-5)12(18)8-11/h6-9H,1-5H3,(H,19,20,22). The van der Waals surface area contributed by atoms with E-state index >= 15 is 0 Å². The van der Waals surface area contributed by atoms with Crippen molar-refractivity contribution in [2.24, 2.45) is 0 Å². The monoisotopic (exact) mass is 349 g/mol. The molecule has 1 amide bonds. The SMILES string of the molecule is COc1ccc(N(C)C(=O)c2c(C)nc(C(C)C)[nH]c2=O)cc1Cl. The lowest BCUT2D eigenvalue weighted by Crippen LogP contribution is -2.33. The van der Waals surface area contributed by atoms with Crippen LogP contribution in [0.4, 0.5) is 5.69 Å². The molecule has 24 heavy (non-hydrogen) atoms. The van der Waals surface area contributed by atoms with Gasteiger partial charge in [0.1, 0.15) is 17.1 Å². The number of ether oxygens (including phenoxy) is 1. The Morgan fingerprint density at radius 1 is 1.38 bits per heavy atom. The van der Waals surface area contributed by atoms with Gasteiger partial charge in [0.25, 0.3) is 11.5 Å². The molecule has 2 rings (SSSR count). The van der Waals surface area contributed by atoms with E-state index in [0.717, 1.165) is 0 Å². The van der Waals surface area contributed by atoms with Crippen LogP contribution in [0.15, 0.2) is 23.0 Å². The zero-order chi connectivity index (χ0) is 18.0. The van der Waals surface area contributed by atoms with Crippen molar-refractivity contribution in [1.29, 1.82) is 0 Å². The van der Waals surface area contributed by atoms with E-state index in [1.807, 2.05) is 13.8 Å². The van der Waals surface area contributed by atoms with Gasteiger partial charge in [-0.3, -0.25) is 9.59 Å². The molecule has 0 saturated heterocycles. The molecule has 0 saturated carbocycles. The van der Waals surface area contributed by atoms with Crippen LogP contribution in [0.1, 0.15) is 41.6 Å². The highest BCUT2D eigenvalue weighted by Crippen LogP contribution is 2.29. The van der Waals surface area contributed by atoms with Gasteiger partial charge in [0, 0.05) is 18.7 Å². The van der Waals surface area contributed by atoms with Crippen LogP contribution in [0.25, 0.3) is 0 Å². The molecular formula is C17H20ClN3O3. The molecule has 0 aliphatic heterocycles. The highest BCUT2D eigenvalue weighted by Gasteiger charge is 2.22. The Kier molecular flexibility index (Phi) is 5.29. The summed E-state index contributed by atoms with van der Waals surface area (Å²) in [6.45, 7) is 5.50. The normalized spacial score (nSPS) is 10.8. The fraction of sp³-hybridized carbons (Fsp3) is 0.353. The largest absolute Gasteiger partial charge is 0.495 e. The Balaban J connectivity index is 2.41. The van der Waals surface area contributed by atoms with Crippen molar-refractivity contribution in [2.75, 3.05) is 19.1 Å². The number of aryl methyl sites for hydroxylation is 1. The van der Waals surface area contributed by atoms with Crippen LogP contribution in [-0.2, 0) is 0 Å². The Labute approximate surface area is 145 Å². The number of carbonyl (C=O) groups is 1. The summed E-state index contributed by atoms with van der Waals surface area (Å²) in [5.74, 6) is 0.693. The molecule has 0 radical (unpaired) electrons. The van der Waals surface area contributed by atoms with Gasteiger partial charge in [-0.25, -0.2) is 4.98 Å². The van der Waals surface area contributed by atoms with Crippen LogP contribution >= 0.6 is 11.6 Å². The number of amides is 1. The van der Waals surface area contributed by atoms with Crippen molar-refractivity contribution in [2.45, 2.75) is 26.7 Å². The van der Waals surface area contributed by atoms with Gasteiger partial charge in [-0.15, -0.1) is 0 Å². The lowest BCUT2D eigenvalue weighted by molar-refractivity contribution is 0.0990. The van der Waals surface area contributed by atoms with Gasteiger partial charge >= 0.3 is 0 Å². The molecule has 2 aromatic rings. The summed E-state index contributed by atoms with van der Waals surface area (Å²) in [5, 5.41) is 0.383. The predicted molar refractivity (Wildman–Crippen MR) is 94.4 cm³/mol. The molecule has 7 heteroatoms. The average molecular weight is 350 g/mol. The van der Waals surface area contributed by atoms with Crippen LogP contribution in [0.3, 0.4) is 0 Å². The molecule has 0 bridgehead atoms. The molecule has 0 atom stereocenters. The summed E-state index contributed by atoms with van der Waals surface area (Å²) in [6.07, 6.45) is 0. The zero-order valence-corrected chi connectivity index (χ0v) is 15.1. The topological polar surface area (TPSA) is 75.3 Å². The first-order valence-electron chi connectivity index (χ1n) is 7.48. The number of benzene rings is 1. The van der Waals surface area contributed by atoms with Crippen molar-refractivity contribution in [3.05, 3.63) is 50.7 Å². The summed E-state index contributed by atoms with van der Waals surface area (Å²) < 4.78 is 5.10. The zero-order valence-electron chi connectivity index (χ0n) is 14.3. The third kappa shape index (κ3) is 3.43. The predicted octanol–water partition coefficient (Wildman–Crippen LogP) is 3.14. The number of aromatic amines is 1. The number of anilines is 1. The molecular weight excluding hydrogens is 330 g/mol. The minimum Gasteiger partial charge on any atom is -0.495 e. The Hall–Kier alpha value is -2.34. The third-order valence-electron chi connectivity index (χ3n) is 3.71. The summed E-state index contributed by atoms with van der Waals surface area (Å²) in [4.78, 5) is 33.4. The number of rotatable bonds is 4. The van der Waals surface area contributed by atoms with E-state index in [4.69, 9.17) is 16.3 Å². The van der Waals surface area contributed by atoms with Crippen LogP contribution in [-0.4, -0.2) is 30.0 Å². The van der Waals surface area contributed by atoms with Crippen LogP contribution in [0.2, 0.25) is 5.02 Å². The second-order valence-electron chi connectivity index (χ2n) is 5.75. The van der Waals surface area contributed by atoms with Gasteiger partial charge < -0.3 is 14.6 Å². The van der Waals surface area contributed by atoms with E-state index < -0.39 is 11.5 Å². The second-order valence-corrected chi connectivity index (χ2v) is 6.16. The lowest BCUT2D eigenvalue weighted by atomic mass is 10.1. The Morgan fingerprint density at radius 2 is 2.04 bits per heavy atom. The van der Waals surface area contributed by atoms with Crippen molar-refractivity contribution >= 4 is 23.2 Å². The average Bonchev–Trinajstić information content (AvgIpc) is 2.53. The quantitative estimate of drug-likeness (QED) is 0.920. The first-order chi connectivity index (χ1) is 11.3. The molecule has 0 spiro atoms. The first-order valence-corrected chi connectivity index (χ1v) is 7.86. The lowest BCUT2D eigenvalue weighted by Gasteiger charge is -2.19. The van der Waals surface area contributed by atoms with Crippen LogP contribution in [0, 0.1) is 6.92 Å². The van der Waals surface area contributed by atoms with E-state index in [0.29, 0.717) is 28.0 Å². The van der Waals surface area contributed by atoms with E-state index in [2.05, 4.69) is 9.97 Å². The number of nitrogens with one attached hydrogen (secondary N) is 1. The highest BCUT2D eigenvalue weighted by atomic mass is 35.5. The van der Waals surface area contributed by atoms with Gasteiger partial charge in [-0.1, -0.05) is 25.4 Å². The molecule has 1 aromatic carbocycles. The maximum Gasteiger partial charge on any atom is 0.265 e. The van der Waals surface area contributed by atoms with Crippen molar-refractivity contribution < 1.29 is 9.53 Å². The number of hydrogen-bond acceptors (Lipinski definition) is 4. The van der Waals surface area contributed by atoms with E-state index in [1.165, 1.54) is 12.0 Å². The van der Waals surface area contributed by atoms with Crippen LogP contribution in [0.5, 0.6) is 5.75 Å². The first kappa shape index (κ1) is 18.0. The number of aromatic nitrogens is 2. The molecule has 1 heterocycles. The summed E-state index contributed by atoms with van der Waals surface area (Å²) in [7, 11) is 3.09. The van der Waals surface area contributed by atoms with Gasteiger partial charge in [-0.2, -0.15) is 0 Å². The Bertz CT molecular complexity index is 830. The fourth-order valence-electron chi connectivity index (χ4n) is 2.28. The number of nitrogens with zero attached hydrogens (tertiary/aromatic N) is 2. The van der Waals surface area contributed by atoms with Gasteiger partial charge in [-0.05, 0) is 25.1 Å². The third-order valence-corrected chi connectivity index (χ3v) is 4.00. The minimum absolute atomic E-state index is 0.0221. The second kappa shape index (κ2) is 7.05. The van der Waals surface area contributed by atoms with E-state index in [9.17, 15) is 9.59 Å². The van der Waals surface area contributed by atoms with Gasteiger partial charge in [0.2, 0.25) is 0 Å². The van der Waals surface area contributed by atoms with Crippen LogP contribution < -0.4 is 15.2 Å². The van der Waals surface area contributed by atoms with E-state index in [-0.39, 0.29) is 11.5 Å². The summed E-state index contributed by atoms with van der Waals surface area (Å²) >= 11 is 6.10. The molecule has 0 aliphatic carbocycles. The van der Waals surface area contributed by atoms with E-state index in [1.54, 1.807) is 32.2 Å². The highest BCUT2D eigenvalue weighted by molar-refractivity contribution is 6.32. The molecule has 6 nitrogen and oxygen atoms in total. The number of hydrogen-bond donors (Lipinski definition) is 1. The summed E-state index contributed by atoms with van der Waals surface area (Å²) in [6, 6.07) is 4.97. The molecule has 0 aliphatic rings. The maximum atomic E-state index is 12.7. The Morgan fingerprint density at radius 3 is 2.54 bits per heavy atom. The van der Waals surface area contributed by atoms with Crippen molar-refractivity contribution in [3.63, 3.8) is 0 Å². The fourth-order valence-corrected chi connectivity index (χ4v) is 2.53. The number of halogens is 1. The smallest absolute Gasteiger partial charge is 0.265 e.